The Balaban J connectivity index is 0.948. The molecule has 2 aliphatic heterocycles. The van der Waals surface area contributed by atoms with Crippen LogP contribution in [0.2, 0.25) is 0 Å². The first-order valence-corrected chi connectivity index (χ1v) is 22.9. The van der Waals surface area contributed by atoms with Crippen LogP contribution < -0.4 is 10.6 Å². The lowest BCUT2D eigenvalue weighted by Gasteiger charge is -2.31. The Morgan fingerprint density at radius 1 is 0.844 bits per heavy atom. The van der Waals surface area contributed by atoms with Gasteiger partial charge in [-0.15, -0.1) is 32.9 Å². The minimum absolute atomic E-state index is 0.0209. The number of nitrogens with one attached hydrogen (secondary N) is 2. The van der Waals surface area contributed by atoms with E-state index in [1.165, 1.54) is 4.90 Å². The average molecular weight is 899 g/mol. The van der Waals surface area contributed by atoms with Gasteiger partial charge in [0.25, 0.3) is 5.91 Å². The zero-order valence-corrected chi connectivity index (χ0v) is 38.3. The standard InChI is InChI=1S/C48H50N8O6S2/c1-24(2)41(47(62)55-22-36(57)20-38(55)46(61)50-26(4)30-8-16-34(17-9-30)43-27(5)49-23-63-43)52-45(60)35-18-12-32(13-19-35)31-10-14-33(15-11-31)42-40-25(3)28(6)64-48(40)56-29(7)53-54-44(56)37(51-42)21-39(58)59/h8-19,23-24,26,36-38,41,57H,20-22H2,1-7H3,(H,50,61)(H,52,60)(H,58,59)/t26?,36-,37+,38+,41?/m1/s1. The molecule has 64 heavy (non-hydrogen) atoms. The number of likely N-dealkylation sites (tertiary alicyclic amines) is 1. The normalized spacial score (nSPS) is 17.9. The lowest BCUT2D eigenvalue weighted by molar-refractivity contribution is -0.141. The number of aromatic nitrogens is 4. The number of aliphatic imine (C=N–C) groups is 1. The summed E-state index contributed by atoms with van der Waals surface area (Å²) in [6, 6.07) is 20.0. The van der Waals surface area contributed by atoms with Gasteiger partial charge in [-0.3, -0.25) is 28.7 Å². The monoisotopic (exact) mass is 898 g/mol. The van der Waals surface area contributed by atoms with Crippen LogP contribution in [0.4, 0.5) is 0 Å². The topological polar surface area (TPSA) is 192 Å². The lowest BCUT2D eigenvalue weighted by Crippen LogP contribution is -2.55. The number of rotatable bonds is 12. The minimum Gasteiger partial charge on any atom is -0.481 e. The summed E-state index contributed by atoms with van der Waals surface area (Å²) >= 11 is 3.18. The fraction of sp³-hybridized carbons (Fsp3) is 0.333. The van der Waals surface area contributed by atoms with E-state index in [2.05, 4.69) is 32.7 Å². The number of aliphatic hydroxyl groups is 1. The molecule has 4 N–H and O–H groups in total. The Bertz CT molecular complexity index is 2770. The Kier molecular flexibility index (Phi) is 12.5. The van der Waals surface area contributed by atoms with Gasteiger partial charge in [-0.05, 0) is 80.5 Å². The number of thiazole rings is 1. The highest BCUT2D eigenvalue weighted by Gasteiger charge is 2.42. The molecule has 5 atom stereocenters. The molecule has 0 aliphatic carbocycles. The SMILES string of the molecule is Cc1ncsc1-c1ccc(C(C)NC(=O)[C@@H]2C[C@@H](O)CN2C(=O)C(NC(=O)c2ccc(-c3ccc(C4=N[C@@H](CC(=O)O)c5nnc(C)n5-c5sc(C)c(C)c54)cc3)cc2)C(C)C)cc1. The number of β-amino-alcohol motifs (C(OH)–C–C–N with tert-alkyl or cyclic N) is 1. The molecule has 0 bridgehead atoms. The summed E-state index contributed by atoms with van der Waals surface area (Å²) in [5.41, 5.74) is 10.3. The average Bonchev–Trinajstić information content (AvgIpc) is 4.04. The van der Waals surface area contributed by atoms with Crippen molar-refractivity contribution in [2.75, 3.05) is 6.54 Å². The largest absolute Gasteiger partial charge is 0.481 e. The number of nitrogens with zero attached hydrogens (tertiary/aromatic N) is 6. The van der Waals surface area contributed by atoms with Crippen molar-refractivity contribution in [3.8, 4) is 26.6 Å². The highest BCUT2D eigenvalue weighted by Crippen LogP contribution is 2.40. The van der Waals surface area contributed by atoms with Gasteiger partial charge >= 0.3 is 5.97 Å². The predicted octanol–water partition coefficient (Wildman–Crippen LogP) is 7.31. The molecular formula is C48H50N8O6S2. The van der Waals surface area contributed by atoms with Crippen LogP contribution in [0.25, 0.3) is 26.6 Å². The van der Waals surface area contributed by atoms with Gasteiger partial charge in [0.1, 0.15) is 29.0 Å². The van der Waals surface area contributed by atoms with Crippen molar-refractivity contribution in [3.63, 3.8) is 0 Å². The number of hydrogen-bond donors (Lipinski definition) is 4. The van der Waals surface area contributed by atoms with E-state index in [4.69, 9.17) is 4.99 Å². The third-order valence-corrected chi connectivity index (χ3v) is 14.3. The van der Waals surface area contributed by atoms with E-state index in [-0.39, 0.29) is 37.3 Å². The molecule has 3 aromatic heterocycles. The number of carboxylic acid groups (broad SMARTS) is 1. The molecule has 5 heterocycles. The van der Waals surface area contributed by atoms with Gasteiger partial charge in [-0.2, -0.15) is 0 Å². The fourth-order valence-electron chi connectivity index (χ4n) is 8.44. The highest BCUT2D eigenvalue weighted by molar-refractivity contribution is 7.15. The molecule has 16 heteroatoms. The van der Waals surface area contributed by atoms with Gasteiger partial charge in [0.2, 0.25) is 11.8 Å². The van der Waals surface area contributed by atoms with Crippen molar-refractivity contribution >= 4 is 52.1 Å². The maximum Gasteiger partial charge on any atom is 0.306 e. The number of carbonyl (C=O) groups excluding carboxylic acids is 3. The Hall–Kier alpha value is -6.36. The molecule has 2 unspecified atom stereocenters. The molecule has 3 aromatic carbocycles. The van der Waals surface area contributed by atoms with Crippen LogP contribution in [-0.4, -0.2) is 89.0 Å². The number of amides is 3. The summed E-state index contributed by atoms with van der Waals surface area (Å²) < 4.78 is 1.93. The molecule has 8 rings (SSSR count). The molecule has 330 valence electrons. The second kappa shape index (κ2) is 18.0. The van der Waals surface area contributed by atoms with Crippen LogP contribution in [0.15, 0.2) is 83.3 Å². The van der Waals surface area contributed by atoms with Gasteiger partial charge in [0.15, 0.2) is 5.82 Å². The Labute approximate surface area is 379 Å². The smallest absolute Gasteiger partial charge is 0.306 e. The van der Waals surface area contributed by atoms with E-state index in [1.807, 2.05) is 112 Å². The van der Waals surface area contributed by atoms with Crippen molar-refractivity contribution in [2.24, 2.45) is 10.9 Å². The van der Waals surface area contributed by atoms with Gasteiger partial charge in [-0.25, -0.2) is 4.98 Å². The van der Waals surface area contributed by atoms with E-state index in [0.717, 1.165) is 59.4 Å². The van der Waals surface area contributed by atoms with Crippen LogP contribution >= 0.6 is 22.7 Å². The zero-order valence-electron chi connectivity index (χ0n) is 36.6. The molecule has 0 spiro atoms. The van der Waals surface area contributed by atoms with E-state index in [9.17, 15) is 29.4 Å². The summed E-state index contributed by atoms with van der Waals surface area (Å²) in [4.78, 5) is 66.5. The van der Waals surface area contributed by atoms with Crippen LogP contribution in [0.5, 0.6) is 0 Å². The van der Waals surface area contributed by atoms with Crippen LogP contribution in [0.3, 0.4) is 0 Å². The van der Waals surface area contributed by atoms with Gasteiger partial charge in [0.05, 0.1) is 40.4 Å². The van der Waals surface area contributed by atoms with E-state index < -0.39 is 42.0 Å². The lowest BCUT2D eigenvalue weighted by atomic mass is 9.96. The number of aliphatic carboxylic acids is 1. The quantitative estimate of drug-likeness (QED) is 0.0975. The molecule has 6 aromatic rings. The van der Waals surface area contributed by atoms with E-state index in [1.54, 1.807) is 34.8 Å². The summed E-state index contributed by atoms with van der Waals surface area (Å²) in [7, 11) is 0. The number of aryl methyl sites for hydroxylation is 3. The zero-order chi connectivity index (χ0) is 45.6. The summed E-state index contributed by atoms with van der Waals surface area (Å²) in [5, 5.41) is 36.0. The van der Waals surface area contributed by atoms with Crippen LogP contribution in [-0.2, 0) is 14.4 Å². The summed E-state index contributed by atoms with van der Waals surface area (Å²) in [6.07, 6.45) is -1.03. The van der Waals surface area contributed by atoms with E-state index in [0.29, 0.717) is 22.9 Å². The van der Waals surface area contributed by atoms with Gasteiger partial charge < -0.3 is 25.7 Å². The van der Waals surface area contributed by atoms with Crippen molar-refractivity contribution in [1.82, 2.24) is 35.3 Å². The Morgan fingerprint density at radius 2 is 1.48 bits per heavy atom. The van der Waals surface area contributed by atoms with Crippen molar-refractivity contribution in [3.05, 3.63) is 128 Å². The van der Waals surface area contributed by atoms with Gasteiger partial charge in [-0.1, -0.05) is 74.5 Å². The number of fused-ring (bicyclic) bond motifs is 3. The number of benzene rings is 3. The first-order chi connectivity index (χ1) is 30.6. The second-order valence-corrected chi connectivity index (χ2v) is 18.9. The molecular weight excluding hydrogens is 849 g/mol. The van der Waals surface area contributed by atoms with E-state index >= 15 is 0 Å². The first kappa shape index (κ1) is 44.3. The molecule has 1 fully saturated rings. The molecule has 2 aliphatic rings. The fourth-order valence-corrected chi connectivity index (χ4v) is 10.5. The number of aliphatic hydroxyl groups excluding tert-OH is 1. The Morgan fingerprint density at radius 3 is 2.11 bits per heavy atom. The van der Waals surface area contributed by atoms with Gasteiger partial charge in [0, 0.05) is 34.5 Å². The molecule has 0 saturated carbocycles. The molecule has 3 amide bonds. The molecule has 14 nitrogen and oxygen atoms in total. The summed E-state index contributed by atoms with van der Waals surface area (Å²) in [5.74, 6) is -1.38. The molecule has 0 radical (unpaired) electrons. The number of carbonyl (C=O) groups is 4. The highest BCUT2D eigenvalue weighted by atomic mass is 32.1. The third-order valence-electron chi connectivity index (χ3n) is 12.1. The minimum atomic E-state index is -0.982. The maximum absolute atomic E-state index is 14.1. The first-order valence-electron chi connectivity index (χ1n) is 21.2. The van der Waals surface area contributed by atoms with Crippen molar-refractivity contribution < 1.29 is 29.4 Å². The van der Waals surface area contributed by atoms with Crippen LogP contribution in [0.1, 0.15) is 101 Å². The van der Waals surface area contributed by atoms with Crippen LogP contribution in [0, 0.1) is 33.6 Å². The summed E-state index contributed by atoms with van der Waals surface area (Å²) in [6.45, 7) is 13.4. The number of carboxylic acids is 1. The van der Waals surface area contributed by atoms with Crippen molar-refractivity contribution in [2.45, 2.75) is 91.6 Å². The number of thiophene rings is 1. The molecule has 1 saturated heterocycles. The predicted molar refractivity (Wildman–Crippen MR) is 247 cm³/mol. The second-order valence-electron chi connectivity index (χ2n) is 16.9. The number of hydrogen-bond acceptors (Lipinski definition) is 11. The maximum atomic E-state index is 14.1. The van der Waals surface area contributed by atoms with Crippen molar-refractivity contribution in [1.29, 1.82) is 0 Å². The third kappa shape index (κ3) is 8.64.